The zero-order chi connectivity index (χ0) is 7.90. The predicted molar refractivity (Wildman–Crippen MR) is 47.3 cm³/mol. The van der Waals surface area contributed by atoms with Crippen molar-refractivity contribution in [2.24, 2.45) is 17.1 Å². The Hall–Kier alpha value is -0.0400. The van der Waals surface area contributed by atoms with Crippen LogP contribution in [-0.2, 0) is 0 Å². The molecule has 1 atom stereocenters. The lowest BCUT2D eigenvalue weighted by Gasteiger charge is -2.51. The predicted octanol–water partition coefficient (Wildman–Crippen LogP) is 2.30. The first-order chi connectivity index (χ1) is 5.23. The third-order valence-electron chi connectivity index (χ3n) is 4.01. The fourth-order valence-electron chi connectivity index (χ4n) is 2.68. The van der Waals surface area contributed by atoms with Crippen LogP contribution < -0.4 is 5.73 Å². The Bertz CT molecular complexity index is 145. The zero-order valence-corrected chi connectivity index (χ0v) is 7.47. The third kappa shape index (κ3) is 1.10. The summed E-state index contributed by atoms with van der Waals surface area (Å²) in [6.45, 7) is 2.37. The Kier molecular flexibility index (Phi) is 1.71. The molecule has 0 aromatic rings. The molecule has 2 fully saturated rings. The minimum Gasteiger partial charge on any atom is -0.327 e. The van der Waals surface area contributed by atoms with Gasteiger partial charge in [0, 0.05) is 6.04 Å². The molecule has 2 aliphatic rings. The molecule has 11 heavy (non-hydrogen) atoms. The van der Waals surface area contributed by atoms with E-state index in [0.29, 0.717) is 11.5 Å². The molecule has 1 spiro atoms. The van der Waals surface area contributed by atoms with Crippen molar-refractivity contribution in [3.63, 3.8) is 0 Å². The summed E-state index contributed by atoms with van der Waals surface area (Å²) in [5, 5.41) is 0. The van der Waals surface area contributed by atoms with Gasteiger partial charge in [-0.2, -0.15) is 0 Å². The lowest BCUT2D eigenvalue weighted by molar-refractivity contribution is 0.0306. The van der Waals surface area contributed by atoms with E-state index in [1.54, 1.807) is 0 Å². The molecule has 0 unspecified atom stereocenters. The molecule has 0 aromatic heterocycles. The second-order valence-corrected chi connectivity index (χ2v) is 4.69. The normalized spacial score (nSPS) is 50.7. The van der Waals surface area contributed by atoms with Gasteiger partial charge in [-0.05, 0) is 37.0 Å². The van der Waals surface area contributed by atoms with Gasteiger partial charge in [0.2, 0.25) is 0 Å². The molecule has 2 aliphatic carbocycles. The maximum absolute atomic E-state index is 6.03. The topological polar surface area (TPSA) is 26.0 Å². The average molecular weight is 153 g/mol. The Morgan fingerprint density at radius 2 is 1.64 bits per heavy atom. The quantitative estimate of drug-likeness (QED) is 0.568. The van der Waals surface area contributed by atoms with Crippen LogP contribution in [0.15, 0.2) is 0 Å². The van der Waals surface area contributed by atoms with Crippen molar-refractivity contribution in [3.05, 3.63) is 0 Å². The molecule has 0 aliphatic heterocycles. The molecule has 0 saturated heterocycles. The maximum Gasteiger partial charge on any atom is 0.00957 e. The highest BCUT2D eigenvalue weighted by Crippen LogP contribution is 2.51. The Labute approximate surface area is 69.4 Å². The van der Waals surface area contributed by atoms with Gasteiger partial charge in [-0.25, -0.2) is 0 Å². The largest absolute Gasteiger partial charge is 0.327 e. The van der Waals surface area contributed by atoms with Crippen LogP contribution in [0, 0.1) is 11.3 Å². The number of hydrogen-bond acceptors (Lipinski definition) is 1. The van der Waals surface area contributed by atoms with Gasteiger partial charge in [-0.1, -0.05) is 19.8 Å². The van der Waals surface area contributed by atoms with Crippen molar-refractivity contribution in [1.82, 2.24) is 0 Å². The molecule has 2 saturated carbocycles. The summed E-state index contributed by atoms with van der Waals surface area (Å²) in [4.78, 5) is 0. The highest BCUT2D eigenvalue weighted by atomic mass is 14.7. The first kappa shape index (κ1) is 7.60. The van der Waals surface area contributed by atoms with Gasteiger partial charge < -0.3 is 5.73 Å². The van der Waals surface area contributed by atoms with E-state index in [1.807, 2.05) is 0 Å². The van der Waals surface area contributed by atoms with Crippen molar-refractivity contribution in [2.45, 2.75) is 51.5 Å². The first-order valence-electron chi connectivity index (χ1n) is 4.98. The average Bonchev–Trinajstić information content (AvgIpc) is 2.03. The van der Waals surface area contributed by atoms with E-state index >= 15 is 0 Å². The van der Waals surface area contributed by atoms with Crippen LogP contribution in [0.1, 0.15) is 45.4 Å². The maximum atomic E-state index is 6.03. The molecule has 0 amide bonds. The Morgan fingerprint density at radius 3 is 2.00 bits per heavy atom. The van der Waals surface area contributed by atoms with Crippen molar-refractivity contribution in [1.29, 1.82) is 0 Å². The highest BCUT2D eigenvalue weighted by Gasteiger charge is 2.45. The zero-order valence-electron chi connectivity index (χ0n) is 7.47. The van der Waals surface area contributed by atoms with Crippen LogP contribution in [0.4, 0.5) is 0 Å². The van der Waals surface area contributed by atoms with Gasteiger partial charge in [0.05, 0.1) is 0 Å². The molecule has 64 valence electrons. The van der Waals surface area contributed by atoms with Crippen LogP contribution in [0.25, 0.3) is 0 Å². The van der Waals surface area contributed by atoms with Crippen molar-refractivity contribution in [2.75, 3.05) is 0 Å². The van der Waals surface area contributed by atoms with Crippen LogP contribution in [0.3, 0.4) is 0 Å². The molecule has 0 heterocycles. The smallest absolute Gasteiger partial charge is 0.00957 e. The van der Waals surface area contributed by atoms with Crippen molar-refractivity contribution < 1.29 is 0 Å². The molecular formula is C10H19N. The summed E-state index contributed by atoms with van der Waals surface area (Å²) in [5.41, 5.74) is 6.65. The molecule has 0 aromatic carbocycles. The summed E-state index contributed by atoms with van der Waals surface area (Å²) in [7, 11) is 0. The van der Waals surface area contributed by atoms with E-state index in [9.17, 15) is 0 Å². The molecule has 1 nitrogen and oxygen atoms in total. The van der Waals surface area contributed by atoms with Gasteiger partial charge in [0.1, 0.15) is 0 Å². The second-order valence-electron chi connectivity index (χ2n) is 4.69. The van der Waals surface area contributed by atoms with E-state index < -0.39 is 0 Å². The van der Waals surface area contributed by atoms with E-state index in [4.69, 9.17) is 5.73 Å². The number of hydrogen-bond donors (Lipinski definition) is 1. The van der Waals surface area contributed by atoms with Crippen LogP contribution in [0.5, 0.6) is 0 Å². The van der Waals surface area contributed by atoms with Gasteiger partial charge in [0.15, 0.2) is 0 Å². The minimum atomic E-state index is 0.551. The van der Waals surface area contributed by atoms with Crippen LogP contribution in [0.2, 0.25) is 0 Å². The molecule has 2 rings (SSSR count). The van der Waals surface area contributed by atoms with Crippen molar-refractivity contribution >= 4 is 0 Å². The molecule has 0 radical (unpaired) electrons. The van der Waals surface area contributed by atoms with E-state index in [1.165, 1.54) is 38.5 Å². The van der Waals surface area contributed by atoms with E-state index in [2.05, 4.69) is 6.92 Å². The van der Waals surface area contributed by atoms with Crippen molar-refractivity contribution in [3.8, 4) is 0 Å². The van der Waals surface area contributed by atoms with Gasteiger partial charge >= 0.3 is 0 Å². The summed E-state index contributed by atoms with van der Waals surface area (Å²) >= 11 is 0. The second kappa shape index (κ2) is 2.48. The molecule has 0 bridgehead atoms. The highest BCUT2D eigenvalue weighted by molar-refractivity contribution is 5.00. The SMILES string of the molecule is CC1CCC2(CC1)CC[C@@H]2N. The standard InChI is InChI=1S/C10H19N/c1-8-2-5-10(6-3-8)7-4-9(10)11/h8-9H,2-7,11H2,1H3/t8?,9-,10?/m0/s1. The lowest BCUT2D eigenvalue weighted by atomic mass is 9.56. The van der Waals surface area contributed by atoms with E-state index in [0.717, 1.165) is 5.92 Å². The van der Waals surface area contributed by atoms with Gasteiger partial charge in [-0.3, -0.25) is 0 Å². The molecule has 2 N–H and O–H groups in total. The summed E-state index contributed by atoms with van der Waals surface area (Å²) in [6.07, 6.45) is 8.38. The van der Waals surface area contributed by atoms with Crippen LogP contribution in [-0.4, -0.2) is 6.04 Å². The first-order valence-corrected chi connectivity index (χ1v) is 4.98. The van der Waals surface area contributed by atoms with Gasteiger partial charge in [0.25, 0.3) is 0 Å². The number of rotatable bonds is 0. The number of nitrogens with two attached hydrogens (primary N) is 1. The monoisotopic (exact) mass is 153 g/mol. The molecule has 1 heteroatoms. The molecular weight excluding hydrogens is 134 g/mol. The Morgan fingerprint density at radius 1 is 1.09 bits per heavy atom. The van der Waals surface area contributed by atoms with Gasteiger partial charge in [-0.15, -0.1) is 0 Å². The Balaban J connectivity index is 1.96. The summed E-state index contributed by atoms with van der Waals surface area (Å²) in [6, 6.07) is 0.551. The summed E-state index contributed by atoms with van der Waals surface area (Å²) < 4.78 is 0. The summed E-state index contributed by atoms with van der Waals surface area (Å²) in [5.74, 6) is 0.966. The third-order valence-corrected chi connectivity index (χ3v) is 4.01. The minimum absolute atomic E-state index is 0.551. The fraction of sp³-hybridized carbons (Fsp3) is 1.00. The van der Waals surface area contributed by atoms with E-state index in [-0.39, 0.29) is 0 Å². The fourth-order valence-corrected chi connectivity index (χ4v) is 2.68. The lowest BCUT2D eigenvalue weighted by Crippen LogP contribution is -2.52. The van der Waals surface area contributed by atoms with Crippen LogP contribution >= 0.6 is 0 Å².